The number of unbranched alkanes of at least 4 members (excludes halogenated alkanes) is 1. The maximum atomic E-state index is 13.0. The monoisotopic (exact) mass is 568 g/mol. The Balaban J connectivity index is 1.54. The molecule has 0 saturated carbocycles. The number of fused-ring (bicyclic) bond motifs is 1. The number of nitrogens with one attached hydrogen (secondary N) is 2. The second-order valence-electron chi connectivity index (χ2n) is 10.2. The molecule has 0 spiro atoms. The van der Waals surface area contributed by atoms with Gasteiger partial charge in [0.25, 0.3) is 5.91 Å². The molecule has 1 aliphatic heterocycles. The zero-order chi connectivity index (χ0) is 29.3. The number of hydrogen-bond donors (Lipinski definition) is 3. The maximum absolute atomic E-state index is 13.0. The van der Waals surface area contributed by atoms with Gasteiger partial charge >= 0.3 is 12.1 Å². The van der Waals surface area contributed by atoms with Gasteiger partial charge in [0.1, 0.15) is 17.6 Å². The summed E-state index contributed by atoms with van der Waals surface area (Å²) in [7, 11) is 1.20. The van der Waals surface area contributed by atoms with E-state index in [-0.39, 0.29) is 18.2 Å². The number of amides is 1. The van der Waals surface area contributed by atoms with E-state index in [2.05, 4.69) is 32.8 Å². The molecule has 0 unspecified atom stereocenters. The number of anilines is 1. The van der Waals surface area contributed by atoms with Crippen LogP contribution in [-0.2, 0) is 35.6 Å². The first kappa shape index (κ1) is 31.3. The lowest BCUT2D eigenvalue weighted by Gasteiger charge is -2.25. The summed E-state index contributed by atoms with van der Waals surface area (Å²) in [5, 5.41) is 18.7. The van der Waals surface area contributed by atoms with Crippen molar-refractivity contribution in [1.82, 2.24) is 25.0 Å². The van der Waals surface area contributed by atoms with E-state index < -0.39 is 29.8 Å². The van der Waals surface area contributed by atoms with Crippen molar-refractivity contribution in [3.63, 3.8) is 0 Å². The quantitative estimate of drug-likeness (QED) is 0.279. The number of halogens is 3. The van der Waals surface area contributed by atoms with Crippen LogP contribution < -0.4 is 10.6 Å². The number of alkyl halides is 3. The van der Waals surface area contributed by atoms with Crippen LogP contribution in [0.2, 0.25) is 0 Å². The van der Waals surface area contributed by atoms with Crippen molar-refractivity contribution in [2.45, 2.75) is 70.7 Å². The standard InChI is InChI=1S/C27H39F3N6O4/c1-18(2)40-16-15-36(13-5-4-8-20-10-9-19-7-6-12-31-24(19)32-20)14-11-21(26(38)39)33-25(37)22-17-23(27(28,29)30)34-35(22)3/h9-10,17-18,21H,4-8,11-16H2,1-3H3,(H,31,32)(H,33,37)(H,38,39)/t21-/m0/s1. The summed E-state index contributed by atoms with van der Waals surface area (Å²) in [6, 6.07) is 3.53. The number of aromatic nitrogens is 3. The molecule has 0 saturated heterocycles. The van der Waals surface area contributed by atoms with Gasteiger partial charge in [0, 0.05) is 38.4 Å². The predicted octanol–water partition coefficient (Wildman–Crippen LogP) is 3.52. The lowest BCUT2D eigenvalue weighted by molar-refractivity contribution is -0.141. The van der Waals surface area contributed by atoms with Crippen molar-refractivity contribution in [3.8, 4) is 0 Å². The Morgan fingerprint density at radius 3 is 2.67 bits per heavy atom. The second-order valence-corrected chi connectivity index (χ2v) is 10.2. The highest BCUT2D eigenvalue weighted by Crippen LogP contribution is 2.28. The second kappa shape index (κ2) is 14.4. The lowest BCUT2D eigenvalue weighted by atomic mass is 10.1. The zero-order valence-electron chi connectivity index (χ0n) is 23.3. The fourth-order valence-electron chi connectivity index (χ4n) is 4.52. The number of carbonyl (C=O) groups excluding carboxylic acids is 1. The summed E-state index contributed by atoms with van der Waals surface area (Å²) >= 11 is 0. The molecule has 0 fully saturated rings. The maximum Gasteiger partial charge on any atom is 0.435 e. The molecule has 2 aromatic rings. The number of ether oxygens (including phenoxy) is 1. The minimum Gasteiger partial charge on any atom is -0.480 e. The number of nitrogens with zero attached hydrogens (tertiary/aromatic N) is 4. The molecule has 40 heavy (non-hydrogen) atoms. The molecule has 0 aromatic carbocycles. The summed E-state index contributed by atoms with van der Waals surface area (Å²) < 4.78 is 45.4. The fraction of sp³-hybridized carbons (Fsp3) is 0.630. The Labute approximate surface area is 232 Å². The van der Waals surface area contributed by atoms with E-state index in [1.807, 2.05) is 13.8 Å². The highest BCUT2D eigenvalue weighted by atomic mass is 19.4. The predicted molar refractivity (Wildman–Crippen MR) is 143 cm³/mol. The number of carbonyl (C=O) groups is 2. The summed E-state index contributed by atoms with van der Waals surface area (Å²) in [4.78, 5) is 31.3. The first-order chi connectivity index (χ1) is 18.9. The van der Waals surface area contributed by atoms with Gasteiger partial charge in [-0.05, 0) is 70.5 Å². The van der Waals surface area contributed by atoms with Gasteiger partial charge in [0.05, 0.1) is 12.7 Å². The molecule has 0 radical (unpaired) electrons. The van der Waals surface area contributed by atoms with Crippen molar-refractivity contribution in [1.29, 1.82) is 0 Å². The molecule has 0 aliphatic carbocycles. The number of aryl methyl sites for hydroxylation is 3. The van der Waals surface area contributed by atoms with Crippen LogP contribution in [0.3, 0.4) is 0 Å². The van der Waals surface area contributed by atoms with E-state index in [0.717, 1.165) is 54.8 Å². The van der Waals surface area contributed by atoms with Gasteiger partial charge in [-0.15, -0.1) is 0 Å². The largest absolute Gasteiger partial charge is 0.480 e. The minimum absolute atomic E-state index is 0.0529. The highest BCUT2D eigenvalue weighted by molar-refractivity contribution is 5.95. The van der Waals surface area contributed by atoms with Crippen LogP contribution in [-0.4, -0.2) is 81.6 Å². The Kier molecular flexibility index (Phi) is 11.3. The Bertz CT molecular complexity index is 1140. The zero-order valence-corrected chi connectivity index (χ0v) is 23.3. The third-order valence-electron chi connectivity index (χ3n) is 6.71. The van der Waals surface area contributed by atoms with E-state index >= 15 is 0 Å². The Morgan fingerprint density at radius 2 is 2.00 bits per heavy atom. The van der Waals surface area contributed by atoms with Crippen LogP contribution in [0.5, 0.6) is 0 Å². The highest BCUT2D eigenvalue weighted by Gasteiger charge is 2.36. The van der Waals surface area contributed by atoms with Crippen LogP contribution in [0.4, 0.5) is 19.0 Å². The van der Waals surface area contributed by atoms with Crippen molar-refractivity contribution in [2.75, 3.05) is 38.1 Å². The molecular weight excluding hydrogens is 529 g/mol. The molecule has 1 aliphatic rings. The van der Waals surface area contributed by atoms with E-state index in [9.17, 15) is 27.9 Å². The third kappa shape index (κ3) is 9.47. The first-order valence-electron chi connectivity index (χ1n) is 13.7. The summed E-state index contributed by atoms with van der Waals surface area (Å²) in [5.74, 6) is -1.23. The fourth-order valence-corrected chi connectivity index (χ4v) is 4.52. The van der Waals surface area contributed by atoms with Gasteiger partial charge in [0.2, 0.25) is 0 Å². The lowest BCUT2D eigenvalue weighted by Crippen LogP contribution is -2.44. The van der Waals surface area contributed by atoms with Crippen LogP contribution in [0.15, 0.2) is 18.2 Å². The number of hydrogen-bond acceptors (Lipinski definition) is 7. The van der Waals surface area contributed by atoms with Gasteiger partial charge in [-0.3, -0.25) is 9.48 Å². The Morgan fingerprint density at radius 1 is 1.23 bits per heavy atom. The number of aliphatic carboxylic acids is 1. The third-order valence-corrected chi connectivity index (χ3v) is 6.71. The molecular formula is C27H39F3N6O4. The van der Waals surface area contributed by atoms with Gasteiger partial charge in [-0.25, -0.2) is 9.78 Å². The molecule has 0 bridgehead atoms. The van der Waals surface area contributed by atoms with Gasteiger partial charge in [0.15, 0.2) is 5.69 Å². The minimum atomic E-state index is -4.71. The smallest absolute Gasteiger partial charge is 0.435 e. The molecule has 1 amide bonds. The molecule has 1 atom stereocenters. The topological polar surface area (TPSA) is 122 Å². The molecule has 2 aromatic heterocycles. The first-order valence-corrected chi connectivity index (χ1v) is 13.7. The van der Waals surface area contributed by atoms with E-state index in [1.165, 1.54) is 12.6 Å². The molecule has 13 heteroatoms. The van der Waals surface area contributed by atoms with Crippen LogP contribution in [0.25, 0.3) is 0 Å². The van der Waals surface area contributed by atoms with Crippen molar-refractivity contribution >= 4 is 17.7 Å². The number of rotatable bonds is 15. The number of carboxylic acids is 1. The van der Waals surface area contributed by atoms with Crippen LogP contribution in [0.1, 0.15) is 67.0 Å². The van der Waals surface area contributed by atoms with Crippen molar-refractivity contribution in [3.05, 3.63) is 40.8 Å². The SMILES string of the molecule is CC(C)OCCN(CCCCc1ccc2c(n1)NCCC2)CC[C@H](NC(=O)c1cc(C(F)(F)F)nn1C)C(=O)O. The summed E-state index contributed by atoms with van der Waals surface area (Å²) in [6.07, 6.45) is 0.137. The molecule has 3 N–H and O–H groups in total. The van der Waals surface area contributed by atoms with Crippen molar-refractivity contribution in [2.24, 2.45) is 7.05 Å². The van der Waals surface area contributed by atoms with Gasteiger partial charge in [-0.1, -0.05) is 6.07 Å². The average molecular weight is 569 g/mol. The number of pyridine rings is 1. The van der Waals surface area contributed by atoms with Crippen molar-refractivity contribution < 1.29 is 32.6 Å². The van der Waals surface area contributed by atoms with Gasteiger partial charge in [-0.2, -0.15) is 18.3 Å². The van der Waals surface area contributed by atoms with E-state index in [0.29, 0.717) is 32.3 Å². The summed E-state index contributed by atoms with van der Waals surface area (Å²) in [5.41, 5.74) is 0.688. The summed E-state index contributed by atoms with van der Waals surface area (Å²) in [6.45, 7) is 6.91. The van der Waals surface area contributed by atoms with Gasteiger partial charge < -0.3 is 25.4 Å². The molecule has 3 heterocycles. The van der Waals surface area contributed by atoms with E-state index in [4.69, 9.17) is 9.72 Å². The normalized spacial score (nSPS) is 14.2. The van der Waals surface area contributed by atoms with E-state index in [1.54, 1.807) is 0 Å². The average Bonchev–Trinajstić information content (AvgIpc) is 3.30. The molecule has 10 nitrogen and oxygen atoms in total. The van der Waals surface area contributed by atoms with Crippen LogP contribution in [0, 0.1) is 0 Å². The Hall–Kier alpha value is -3.19. The van der Waals surface area contributed by atoms with Crippen LogP contribution >= 0.6 is 0 Å². The molecule has 222 valence electrons. The number of carboxylic acid groups (broad SMARTS) is 1. The molecule has 3 rings (SSSR count).